The Kier molecular flexibility index (Phi) is 4.42. The number of hydrogen-bond donors (Lipinski definition) is 1. The van der Waals surface area contributed by atoms with E-state index < -0.39 is 15.6 Å². The Balaban J connectivity index is 1.52. The second kappa shape index (κ2) is 6.33. The zero-order valence-corrected chi connectivity index (χ0v) is 16.0. The molecule has 1 aliphatic carbocycles. The van der Waals surface area contributed by atoms with Gasteiger partial charge in [-0.1, -0.05) is 0 Å². The van der Waals surface area contributed by atoms with Gasteiger partial charge in [0.1, 0.15) is 5.60 Å². The number of nitrogens with zero attached hydrogens (tertiary/aromatic N) is 1. The van der Waals surface area contributed by atoms with Crippen LogP contribution in [0.3, 0.4) is 0 Å². The van der Waals surface area contributed by atoms with Gasteiger partial charge in [0, 0.05) is 24.5 Å². The molecule has 138 valence electrons. The molecule has 6 nitrogen and oxygen atoms in total. The summed E-state index contributed by atoms with van der Waals surface area (Å²) in [6.45, 7) is 2.34. The van der Waals surface area contributed by atoms with Gasteiger partial charge in [0.05, 0.1) is 17.7 Å². The molecule has 8 heteroatoms. The number of hydrogen-bond acceptors (Lipinski definition) is 5. The van der Waals surface area contributed by atoms with Gasteiger partial charge >= 0.3 is 0 Å². The van der Waals surface area contributed by atoms with E-state index in [1.54, 1.807) is 0 Å². The van der Waals surface area contributed by atoms with Crippen molar-refractivity contribution in [3.05, 3.63) is 21.4 Å². The van der Waals surface area contributed by atoms with Gasteiger partial charge in [0.2, 0.25) is 10.0 Å². The van der Waals surface area contributed by atoms with Crippen molar-refractivity contribution >= 4 is 27.3 Å². The number of thiophene rings is 1. The van der Waals surface area contributed by atoms with Crippen molar-refractivity contribution in [3.8, 4) is 0 Å². The molecule has 25 heavy (non-hydrogen) atoms. The number of nitrogens with one attached hydrogen (secondary N) is 1. The van der Waals surface area contributed by atoms with Crippen LogP contribution in [0.4, 0.5) is 0 Å². The first-order valence-corrected chi connectivity index (χ1v) is 11.5. The van der Waals surface area contributed by atoms with Crippen LogP contribution >= 0.6 is 11.3 Å². The third kappa shape index (κ3) is 3.49. The maximum atomic E-state index is 12.4. The molecule has 3 heterocycles. The summed E-state index contributed by atoms with van der Waals surface area (Å²) in [5.41, 5.74) is 0.773. The monoisotopic (exact) mass is 384 g/mol. The van der Waals surface area contributed by atoms with Crippen molar-refractivity contribution < 1.29 is 17.9 Å². The quantitative estimate of drug-likeness (QED) is 0.858. The highest BCUT2D eigenvalue weighted by molar-refractivity contribution is 7.88. The van der Waals surface area contributed by atoms with Crippen LogP contribution in [0.1, 0.15) is 45.8 Å². The van der Waals surface area contributed by atoms with Crippen LogP contribution < -0.4 is 5.32 Å². The molecule has 1 N–H and O–H groups in total. The minimum absolute atomic E-state index is 0.00928. The van der Waals surface area contributed by atoms with Gasteiger partial charge in [-0.2, -0.15) is 0 Å². The lowest BCUT2D eigenvalue weighted by Gasteiger charge is -2.42. The normalized spacial score (nSPS) is 23.4. The Bertz CT molecular complexity index is 775. The maximum Gasteiger partial charge on any atom is 0.261 e. The summed E-state index contributed by atoms with van der Waals surface area (Å²) in [6.07, 6.45) is 5.81. The SMILES string of the molecule is CS(=O)(=O)N1CCC2(CC1)OCCc1cc(C(=O)NCC3CC3)sc12. The smallest absolute Gasteiger partial charge is 0.261 e. The first-order valence-electron chi connectivity index (χ1n) is 8.88. The van der Waals surface area contributed by atoms with Crippen molar-refractivity contribution in [3.63, 3.8) is 0 Å². The summed E-state index contributed by atoms with van der Waals surface area (Å²) in [6, 6.07) is 2.01. The summed E-state index contributed by atoms with van der Waals surface area (Å²) < 4.78 is 31.2. The van der Waals surface area contributed by atoms with E-state index in [0.717, 1.165) is 22.7 Å². The maximum absolute atomic E-state index is 12.4. The van der Waals surface area contributed by atoms with E-state index in [9.17, 15) is 13.2 Å². The Hall–Kier alpha value is -0.960. The lowest BCUT2D eigenvalue weighted by Crippen LogP contribution is -2.47. The van der Waals surface area contributed by atoms with E-state index >= 15 is 0 Å². The van der Waals surface area contributed by atoms with Crippen LogP contribution in [-0.4, -0.2) is 51.1 Å². The van der Waals surface area contributed by atoms with E-state index in [1.807, 2.05) is 6.07 Å². The first-order chi connectivity index (χ1) is 11.9. The van der Waals surface area contributed by atoms with E-state index in [2.05, 4.69) is 5.32 Å². The summed E-state index contributed by atoms with van der Waals surface area (Å²) in [4.78, 5) is 14.3. The van der Waals surface area contributed by atoms with Gasteiger partial charge in [0.15, 0.2) is 0 Å². The van der Waals surface area contributed by atoms with Crippen molar-refractivity contribution in [2.45, 2.75) is 37.7 Å². The zero-order chi connectivity index (χ0) is 17.7. The Morgan fingerprint density at radius 3 is 2.76 bits per heavy atom. The Morgan fingerprint density at radius 1 is 1.40 bits per heavy atom. The van der Waals surface area contributed by atoms with Crippen LogP contribution in [0.15, 0.2) is 6.07 Å². The lowest BCUT2D eigenvalue weighted by atomic mass is 9.86. The molecule has 4 rings (SSSR count). The van der Waals surface area contributed by atoms with Crippen molar-refractivity contribution in [2.24, 2.45) is 5.92 Å². The molecule has 2 fully saturated rings. The van der Waals surface area contributed by atoms with Gasteiger partial charge in [0.25, 0.3) is 5.91 Å². The highest BCUT2D eigenvalue weighted by atomic mass is 32.2. The predicted octanol–water partition coefficient (Wildman–Crippen LogP) is 1.71. The molecule has 3 aliphatic rings. The van der Waals surface area contributed by atoms with E-state index in [0.29, 0.717) is 38.5 Å². The number of rotatable bonds is 4. The molecule has 0 bridgehead atoms. The number of sulfonamides is 1. The predicted molar refractivity (Wildman–Crippen MR) is 96.4 cm³/mol. The van der Waals surface area contributed by atoms with Crippen molar-refractivity contribution in [2.75, 3.05) is 32.5 Å². The second-order valence-corrected chi connectivity index (χ2v) is 10.4. The van der Waals surface area contributed by atoms with Crippen LogP contribution in [0.2, 0.25) is 0 Å². The molecule has 0 aromatic carbocycles. The molecule has 1 aromatic rings. The fourth-order valence-corrected chi connectivity index (χ4v) is 5.90. The molecule has 1 saturated heterocycles. The van der Waals surface area contributed by atoms with E-state index in [1.165, 1.54) is 40.3 Å². The van der Waals surface area contributed by atoms with E-state index in [4.69, 9.17) is 4.74 Å². The standard InChI is InChI=1S/C17H24N2O4S2/c1-25(21,22)19-7-5-17(6-8-19)15-13(4-9-23-17)10-14(24-15)16(20)18-11-12-2-3-12/h10,12H,2-9,11H2,1H3,(H,18,20). The zero-order valence-electron chi connectivity index (χ0n) is 14.4. The van der Waals surface area contributed by atoms with Crippen LogP contribution in [0, 0.1) is 5.92 Å². The molecular weight excluding hydrogens is 360 g/mol. The molecule has 0 radical (unpaired) electrons. The molecule has 1 aromatic heterocycles. The van der Waals surface area contributed by atoms with Gasteiger partial charge in [-0.25, -0.2) is 12.7 Å². The van der Waals surface area contributed by atoms with Crippen LogP contribution in [0.5, 0.6) is 0 Å². The number of amides is 1. The van der Waals surface area contributed by atoms with Gasteiger partial charge < -0.3 is 10.1 Å². The second-order valence-electron chi connectivity index (χ2n) is 7.37. The van der Waals surface area contributed by atoms with Gasteiger partial charge in [-0.15, -0.1) is 11.3 Å². The summed E-state index contributed by atoms with van der Waals surface area (Å²) in [5.74, 6) is 0.670. The molecule has 0 unspecified atom stereocenters. The molecule has 0 atom stereocenters. The molecular formula is C17H24N2O4S2. The fourth-order valence-electron chi connectivity index (χ4n) is 3.73. The minimum Gasteiger partial charge on any atom is -0.369 e. The summed E-state index contributed by atoms with van der Waals surface area (Å²) >= 11 is 1.52. The van der Waals surface area contributed by atoms with Crippen LogP contribution in [0.25, 0.3) is 0 Å². The Morgan fingerprint density at radius 2 is 2.12 bits per heavy atom. The number of fused-ring (bicyclic) bond motifs is 2. The molecule has 1 spiro atoms. The van der Waals surface area contributed by atoms with Gasteiger partial charge in [-0.05, 0) is 49.7 Å². The first kappa shape index (κ1) is 17.5. The number of ether oxygens (including phenoxy) is 1. The largest absolute Gasteiger partial charge is 0.369 e. The average molecular weight is 385 g/mol. The Labute approximate surface area is 152 Å². The number of carbonyl (C=O) groups is 1. The summed E-state index contributed by atoms with van der Waals surface area (Å²) in [7, 11) is -3.16. The fraction of sp³-hybridized carbons (Fsp3) is 0.706. The number of piperidine rings is 1. The van der Waals surface area contributed by atoms with Crippen LogP contribution in [-0.2, 0) is 26.8 Å². The third-order valence-corrected chi connectivity index (χ3v) is 8.11. The van der Waals surface area contributed by atoms with Crippen molar-refractivity contribution in [1.29, 1.82) is 0 Å². The molecule has 2 aliphatic heterocycles. The highest BCUT2D eigenvalue weighted by Gasteiger charge is 2.44. The number of carbonyl (C=O) groups excluding carboxylic acids is 1. The third-order valence-electron chi connectivity index (χ3n) is 5.44. The summed E-state index contributed by atoms with van der Waals surface area (Å²) in [5, 5.41) is 3.03. The average Bonchev–Trinajstić information content (AvgIpc) is 3.29. The topological polar surface area (TPSA) is 75.7 Å². The van der Waals surface area contributed by atoms with Gasteiger partial charge in [-0.3, -0.25) is 4.79 Å². The minimum atomic E-state index is -3.16. The lowest BCUT2D eigenvalue weighted by molar-refractivity contribution is -0.0861. The highest BCUT2D eigenvalue weighted by Crippen LogP contribution is 2.45. The van der Waals surface area contributed by atoms with Crippen molar-refractivity contribution in [1.82, 2.24) is 9.62 Å². The molecule has 1 amide bonds. The molecule has 1 saturated carbocycles. The van der Waals surface area contributed by atoms with E-state index in [-0.39, 0.29) is 5.91 Å².